The van der Waals surface area contributed by atoms with Gasteiger partial charge in [0.05, 0.1) is 17.1 Å². The fourth-order valence-electron chi connectivity index (χ4n) is 2.75. The number of hydrogen-bond donors (Lipinski definition) is 1. The van der Waals surface area contributed by atoms with E-state index in [0.717, 1.165) is 37.4 Å². The largest absolute Gasteiger partial charge is 0.391 e. The zero-order valence-electron chi connectivity index (χ0n) is 10.7. The lowest BCUT2D eigenvalue weighted by Gasteiger charge is -2.31. The highest BCUT2D eigenvalue weighted by Gasteiger charge is 2.22. The number of nitrogens with zero attached hydrogens (tertiary/aromatic N) is 3. The van der Waals surface area contributed by atoms with Crippen LogP contribution in [0.2, 0.25) is 0 Å². The minimum atomic E-state index is -0.219. The molecule has 1 aromatic heterocycles. The molecular formula is C14H19N3O. The Morgan fingerprint density at radius 1 is 1.39 bits per heavy atom. The molecule has 1 aliphatic rings. The van der Waals surface area contributed by atoms with Crippen LogP contribution in [0.25, 0.3) is 11.0 Å². The van der Waals surface area contributed by atoms with Crippen molar-refractivity contribution in [2.24, 2.45) is 0 Å². The van der Waals surface area contributed by atoms with Crippen molar-refractivity contribution < 1.29 is 5.11 Å². The predicted octanol–water partition coefficient (Wildman–Crippen LogP) is 2.02. The summed E-state index contributed by atoms with van der Waals surface area (Å²) in [6.07, 6.45) is 1.72. The summed E-state index contributed by atoms with van der Waals surface area (Å²) < 4.78 is 2.23. The summed E-state index contributed by atoms with van der Waals surface area (Å²) in [4.78, 5) is 6.93. The fourth-order valence-corrected chi connectivity index (χ4v) is 2.75. The van der Waals surface area contributed by atoms with Crippen LogP contribution in [0.4, 0.5) is 5.95 Å². The topological polar surface area (TPSA) is 41.3 Å². The average Bonchev–Trinajstić information content (AvgIpc) is 2.77. The van der Waals surface area contributed by atoms with Crippen LogP contribution in [0, 0.1) is 0 Å². The third-order valence-corrected chi connectivity index (χ3v) is 3.63. The van der Waals surface area contributed by atoms with Gasteiger partial charge in [-0.3, -0.25) is 0 Å². The lowest BCUT2D eigenvalue weighted by Crippen LogP contribution is -2.39. The normalized spacial score (nSPS) is 20.6. The maximum absolute atomic E-state index is 9.80. The van der Waals surface area contributed by atoms with E-state index in [0.29, 0.717) is 6.54 Å². The minimum Gasteiger partial charge on any atom is -0.391 e. The zero-order valence-corrected chi connectivity index (χ0v) is 10.7. The summed E-state index contributed by atoms with van der Waals surface area (Å²) in [6.45, 7) is 4.73. The molecule has 2 heterocycles. The summed E-state index contributed by atoms with van der Waals surface area (Å²) >= 11 is 0. The number of rotatable bonds is 2. The number of piperidine rings is 1. The molecule has 1 saturated heterocycles. The van der Waals surface area contributed by atoms with E-state index >= 15 is 0 Å². The molecule has 0 bridgehead atoms. The maximum Gasteiger partial charge on any atom is 0.206 e. The Bertz CT molecular complexity index is 549. The van der Waals surface area contributed by atoms with Gasteiger partial charge in [0.1, 0.15) is 0 Å². The van der Waals surface area contributed by atoms with Crippen molar-refractivity contribution in [3.05, 3.63) is 24.3 Å². The molecular weight excluding hydrogens is 226 g/mol. The van der Waals surface area contributed by atoms with Crippen LogP contribution in [-0.2, 0) is 6.54 Å². The predicted molar refractivity (Wildman–Crippen MR) is 72.9 cm³/mol. The third-order valence-electron chi connectivity index (χ3n) is 3.63. The SMILES string of the molecule is CCn1c(N2CCC[C@H](O)C2)nc2ccccc21. The van der Waals surface area contributed by atoms with Crippen molar-refractivity contribution in [1.82, 2.24) is 9.55 Å². The first-order valence-electron chi connectivity index (χ1n) is 6.68. The molecule has 0 aliphatic carbocycles. The number of aryl methyl sites for hydroxylation is 1. The second-order valence-corrected chi connectivity index (χ2v) is 4.89. The smallest absolute Gasteiger partial charge is 0.206 e. The summed E-state index contributed by atoms with van der Waals surface area (Å²) in [5, 5.41) is 9.80. The number of anilines is 1. The molecule has 18 heavy (non-hydrogen) atoms. The van der Waals surface area contributed by atoms with Crippen LogP contribution in [0.15, 0.2) is 24.3 Å². The van der Waals surface area contributed by atoms with Crippen molar-refractivity contribution in [1.29, 1.82) is 0 Å². The van der Waals surface area contributed by atoms with E-state index in [1.807, 2.05) is 18.2 Å². The summed E-state index contributed by atoms with van der Waals surface area (Å²) in [6, 6.07) is 8.22. The molecule has 1 atom stereocenters. The van der Waals surface area contributed by atoms with Gasteiger partial charge in [0, 0.05) is 19.6 Å². The monoisotopic (exact) mass is 245 g/mol. The summed E-state index contributed by atoms with van der Waals surface area (Å²) in [7, 11) is 0. The van der Waals surface area contributed by atoms with E-state index in [1.165, 1.54) is 5.52 Å². The van der Waals surface area contributed by atoms with E-state index in [4.69, 9.17) is 4.98 Å². The van der Waals surface area contributed by atoms with Gasteiger partial charge in [-0.15, -0.1) is 0 Å². The number of aliphatic hydroxyl groups excluding tert-OH is 1. The van der Waals surface area contributed by atoms with Crippen molar-refractivity contribution in [3.63, 3.8) is 0 Å². The molecule has 4 nitrogen and oxygen atoms in total. The van der Waals surface area contributed by atoms with Crippen LogP contribution in [0.3, 0.4) is 0 Å². The standard InChI is InChI=1S/C14H19N3O/c1-2-17-13-8-4-3-7-12(13)15-14(17)16-9-5-6-11(18)10-16/h3-4,7-8,11,18H,2,5-6,9-10H2,1H3/t11-/m0/s1. The van der Waals surface area contributed by atoms with Crippen LogP contribution in [-0.4, -0.2) is 33.9 Å². The van der Waals surface area contributed by atoms with Crippen LogP contribution in [0.5, 0.6) is 0 Å². The number of imidazole rings is 1. The van der Waals surface area contributed by atoms with Crippen LogP contribution in [0.1, 0.15) is 19.8 Å². The first-order valence-corrected chi connectivity index (χ1v) is 6.68. The Balaban J connectivity index is 2.05. The Kier molecular flexibility index (Phi) is 2.96. The second kappa shape index (κ2) is 4.61. The zero-order chi connectivity index (χ0) is 12.5. The number of β-amino-alcohol motifs (C(OH)–C–C–N with tert-alkyl or cyclic N) is 1. The maximum atomic E-state index is 9.80. The minimum absolute atomic E-state index is 0.219. The van der Waals surface area contributed by atoms with Gasteiger partial charge in [-0.05, 0) is 31.9 Å². The second-order valence-electron chi connectivity index (χ2n) is 4.89. The molecule has 0 spiro atoms. The van der Waals surface area contributed by atoms with E-state index in [2.05, 4.69) is 22.5 Å². The summed E-state index contributed by atoms with van der Waals surface area (Å²) in [5.41, 5.74) is 2.21. The molecule has 0 radical (unpaired) electrons. The lowest BCUT2D eigenvalue weighted by molar-refractivity contribution is 0.153. The van der Waals surface area contributed by atoms with Gasteiger partial charge in [0.15, 0.2) is 0 Å². The van der Waals surface area contributed by atoms with Gasteiger partial charge < -0.3 is 14.6 Å². The highest BCUT2D eigenvalue weighted by molar-refractivity contribution is 5.78. The number of para-hydroxylation sites is 2. The number of fused-ring (bicyclic) bond motifs is 1. The van der Waals surface area contributed by atoms with Crippen LogP contribution < -0.4 is 4.90 Å². The Morgan fingerprint density at radius 3 is 3.00 bits per heavy atom. The quantitative estimate of drug-likeness (QED) is 0.880. The van der Waals surface area contributed by atoms with Crippen molar-refractivity contribution >= 4 is 17.0 Å². The van der Waals surface area contributed by atoms with Gasteiger partial charge in [-0.1, -0.05) is 12.1 Å². The van der Waals surface area contributed by atoms with Crippen LogP contribution >= 0.6 is 0 Å². The third kappa shape index (κ3) is 1.86. The first kappa shape index (κ1) is 11.5. The molecule has 96 valence electrons. The molecule has 1 N–H and O–H groups in total. The fraction of sp³-hybridized carbons (Fsp3) is 0.500. The Morgan fingerprint density at radius 2 is 2.22 bits per heavy atom. The van der Waals surface area contributed by atoms with Gasteiger partial charge in [-0.2, -0.15) is 0 Å². The molecule has 1 aliphatic heterocycles. The molecule has 0 amide bonds. The van der Waals surface area contributed by atoms with E-state index < -0.39 is 0 Å². The van der Waals surface area contributed by atoms with Crippen molar-refractivity contribution in [3.8, 4) is 0 Å². The van der Waals surface area contributed by atoms with E-state index in [-0.39, 0.29) is 6.10 Å². The van der Waals surface area contributed by atoms with Crippen molar-refractivity contribution in [2.75, 3.05) is 18.0 Å². The highest BCUT2D eigenvalue weighted by atomic mass is 16.3. The van der Waals surface area contributed by atoms with Gasteiger partial charge >= 0.3 is 0 Å². The average molecular weight is 245 g/mol. The van der Waals surface area contributed by atoms with Gasteiger partial charge in [0.2, 0.25) is 5.95 Å². The molecule has 1 aromatic carbocycles. The van der Waals surface area contributed by atoms with Crippen molar-refractivity contribution in [2.45, 2.75) is 32.4 Å². The van der Waals surface area contributed by atoms with Gasteiger partial charge in [0.25, 0.3) is 0 Å². The van der Waals surface area contributed by atoms with E-state index in [1.54, 1.807) is 0 Å². The molecule has 2 aromatic rings. The molecule has 3 rings (SSSR count). The molecule has 4 heteroatoms. The molecule has 0 unspecified atom stereocenters. The Hall–Kier alpha value is -1.55. The number of hydrogen-bond acceptors (Lipinski definition) is 3. The number of aromatic nitrogens is 2. The first-order chi connectivity index (χ1) is 8.79. The summed E-state index contributed by atoms with van der Waals surface area (Å²) in [5.74, 6) is 0.998. The number of aliphatic hydroxyl groups is 1. The number of benzene rings is 1. The van der Waals surface area contributed by atoms with Gasteiger partial charge in [-0.25, -0.2) is 4.98 Å². The molecule has 1 fully saturated rings. The van der Waals surface area contributed by atoms with E-state index in [9.17, 15) is 5.11 Å². The Labute approximate surface area is 107 Å². The lowest BCUT2D eigenvalue weighted by atomic mass is 10.1. The highest BCUT2D eigenvalue weighted by Crippen LogP contribution is 2.25. The molecule has 0 saturated carbocycles.